The number of carbonyl (C=O) groups excluding carboxylic acids is 8. The monoisotopic (exact) mass is 2180 g/mol. The minimum atomic E-state index is -2.04. The van der Waals surface area contributed by atoms with Crippen LogP contribution in [-0.4, -0.2) is 159 Å². The first-order valence-electron chi connectivity index (χ1n) is 35.9. The number of Topliss-reactive ketones (excluding diaryl/α,β-unsaturated/α-hetero) is 1. The number of amides is 4. The first-order valence-corrected chi connectivity index (χ1v) is 50.2. The number of halogens is 6. The molecular formula is C81H84BCl3I3N13O20Sn. The smallest absolute Gasteiger partial charge is 0.475 e. The van der Waals surface area contributed by atoms with Gasteiger partial charge in [-0.15, -0.1) is 0 Å². The molecule has 0 saturated heterocycles. The zero-order valence-electron chi connectivity index (χ0n) is 67.3. The Morgan fingerprint density at radius 2 is 0.893 bits per heavy atom. The zero-order chi connectivity index (χ0) is 89.7. The van der Waals surface area contributed by atoms with E-state index in [1.807, 2.05) is 87.8 Å². The number of rotatable bonds is 20. The third kappa shape index (κ3) is 30.9. The number of nitrogens with zero attached hydrogens (tertiary/aromatic N) is 9. The standard InChI is InChI=1S/C18H15ClN4O3.C18H14ClN3O4.C14H14IN3O4.C9H10NO.C6H6BClO2.C6H5I2NO3.C6H7NO3.CH4.3CH3.Sn/c1-9-8-21-14(22-10(2)24)7-12(9)18-23-15(16(26-18)17(20)25)11-5-3-4-6-13(11)19;1-9-8-20-14(21-10(2)23)7-12(9)17-22-15(16(26-17)18(24)25)11-5-3-4-6-13(11)19;1-4-21-14(20)11-12(15)18-13(22-11)9-5-10(17-8(3)19)16-6-7(9)2;1-7-3-4-9(10-6-7)5-8(2)11;8-6-4-2-1-3-5(6)7(9)10;1-2-11-5(10)3-4(7)9-6(8)12-3;1-2-9-6(8)5-3-7-4-10-5;;;;;/h3-8H,1-2H3,(H2,20,25)(H,21,22,24);3-8H,1-2H3,(H,24,25)(H,20,21,23);5-6H,4H2,1-3H3,(H,16,17,19);4,6H,5H2,1-2H3;1-4,9-10H;2H2,1H3;3-4H,2H2,1H3;1H4;3*1H3;. The minimum Gasteiger partial charge on any atom is -0.475 e. The molecule has 3 aromatic carbocycles. The molecule has 642 valence electrons. The number of pyridine rings is 4. The molecule has 0 saturated carbocycles. The molecule has 0 unspecified atom stereocenters. The maximum atomic E-state index is 11.8. The molecule has 0 spiro atoms. The second-order valence-electron chi connectivity index (χ2n) is 26.0. The van der Waals surface area contributed by atoms with E-state index in [0.29, 0.717) is 102 Å². The summed E-state index contributed by atoms with van der Waals surface area (Å²) < 4.78 is 43.5. The van der Waals surface area contributed by atoms with Crippen molar-refractivity contribution in [3.05, 3.63) is 218 Å². The van der Waals surface area contributed by atoms with Crippen LogP contribution in [0.25, 0.3) is 56.9 Å². The number of hydrogen-bond acceptors (Lipinski definition) is 28. The number of oxazole rings is 5. The van der Waals surface area contributed by atoms with E-state index in [-0.39, 0.29) is 95.4 Å². The molecule has 9 aromatic heterocycles. The number of anilines is 3. The summed E-state index contributed by atoms with van der Waals surface area (Å²) in [6.45, 7) is 19.4. The average molecular weight is 2180 g/mol. The summed E-state index contributed by atoms with van der Waals surface area (Å²) in [4.78, 5) is 146. The molecule has 9 heterocycles. The van der Waals surface area contributed by atoms with Crippen molar-refractivity contribution in [2.75, 3.05) is 35.8 Å². The quantitative estimate of drug-likeness (QED) is 0.0161. The van der Waals surface area contributed by atoms with Crippen molar-refractivity contribution < 1.29 is 94.6 Å². The summed E-state index contributed by atoms with van der Waals surface area (Å²) in [6, 6.07) is 27.3. The number of hydrogen-bond donors (Lipinski definition) is 7. The fourth-order valence-electron chi connectivity index (χ4n) is 10.1. The average Bonchev–Trinajstić information content (AvgIpc) is 1.64. The largest absolute Gasteiger partial charge is 0.489 e. The van der Waals surface area contributed by atoms with Crippen molar-refractivity contribution in [2.45, 2.75) is 105 Å². The summed E-state index contributed by atoms with van der Waals surface area (Å²) in [5.41, 5.74) is 13.4. The molecule has 0 radical (unpaired) electrons. The molecule has 0 bridgehead atoms. The number of primary amides is 1. The summed E-state index contributed by atoms with van der Waals surface area (Å²) >= 11 is 21.7. The molecule has 12 rings (SSSR count). The SMILES string of the molecule is C.CC(=O)Cc1c[c]([Sn]([CH3])([CH3])[CH3])c(C)cn1.CC(=O)Nc1cc(-c2nc(-c3ccccc3Cl)c(C(=O)O)o2)c(C)cn1.CC(=O)Nc1cc(-c2nc(-c3ccccc3Cl)c(C(N)=O)o2)c(C)cn1.CCOC(=O)c1cnco1.CCOC(=O)c1oc(-c2cc(NC(C)=O)ncc2C)nc1I.CCOC(=O)c1oc(I)nc1I.OB(O)c1ccccc1Cl. The Morgan fingerprint density at radius 1 is 0.500 bits per heavy atom. The van der Waals surface area contributed by atoms with Gasteiger partial charge in [-0.25, -0.2) is 54.1 Å². The van der Waals surface area contributed by atoms with Crippen LogP contribution < -0.4 is 30.7 Å². The van der Waals surface area contributed by atoms with Gasteiger partial charge in [0.05, 0.1) is 36.1 Å². The molecule has 0 aliphatic rings. The van der Waals surface area contributed by atoms with Crippen LogP contribution in [-0.2, 0) is 39.8 Å². The van der Waals surface area contributed by atoms with Crippen molar-refractivity contribution in [2.24, 2.45) is 5.73 Å². The Bertz CT molecular complexity index is 5520. The van der Waals surface area contributed by atoms with E-state index in [1.165, 1.54) is 42.5 Å². The molecule has 4 amide bonds. The summed E-state index contributed by atoms with van der Waals surface area (Å²) in [7, 11) is -1.48. The number of ketones is 1. The van der Waals surface area contributed by atoms with Crippen molar-refractivity contribution in [3.8, 4) is 56.9 Å². The van der Waals surface area contributed by atoms with Crippen molar-refractivity contribution in [1.29, 1.82) is 0 Å². The van der Waals surface area contributed by atoms with Gasteiger partial charge in [0, 0.05) is 100 Å². The fourth-order valence-corrected chi connectivity index (χ4v) is 18.1. The summed E-state index contributed by atoms with van der Waals surface area (Å²) in [5.74, 6) is -2.49. The van der Waals surface area contributed by atoms with Crippen LogP contribution >= 0.6 is 103 Å². The van der Waals surface area contributed by atoms with Gasteiger partial charge in [0.1, 0.15) is 28.8 Å². The van der Waals surface area contributed by atoms with E-state index in [9.17, 15) is 48.3 Å². The van der Waals surface area contributed by atoms with Crippen LogP contribution in [0.3, 0.4) is 0 Å². The number of ether oxygens (including phenoxy) is 3. The van der Waals surface area contributed by atoms with E-state index >= 15 is 0 Å². The summed E-state index contributed by atoms with van der Waals surface area (Å²) in [6.07, 6.45) is 9.60. The number of aryl methyl sites for hydroxylation is 4. The normalized spacial score (nSPS) is 10.3. The van der Waals surface area contributed by atoms with Crippen LogP contribution in [0.1, 0.15) is 137 Å². The molecule has 12 aromatic rings. The second kappa shape index (κ2) is 49.0. The Balaban J connectivity index is 0.000000261. The van der Waals surface area contributed by atoms with E-state index in [0.717, 1.165) is 16.8 Å². The maximum Gasteiger partial charge on any atom is 0.489 e. The number of carboxylic acid groups (broad SMARTS) is 1. The predicted molar refractivity (Wildman–Crippen MR) is 486 cm³/mol. The number of nitrogens with two attached hydrogens (primary N) is 1. The molecule has 33 nitrogen and oxygen atoms in total. The summed E-state index contributed by atoms with van der Waals surface area (Å²) in [5, 5.41) is 35.7. The van der Waals surface area contributed by atoms with Crippen LogP contribution in [0, 0.1) is 39.0 Å². The van der Waals surface area contributed by atoms with Gasteiger partial charge in [-0.2, -0.15) is 4.98 Å². The maximum absolute atomic E-state index is 11.8. The zero-order valence-corrected chi connectivity index (χ0v) is 78.9. The Kier molecular flexibility index (Phi) is 41.0. The number of carbonyl (C=O) groups is 9. The first-order chi connectivity index (χ1) is 57.2. The van der Waals surface area contributed by atoms with E-state index < -0.39 is 55.3 Å². The van der Waals surface area contributed by atoms with Gasteiger partial charge in [-0.3, -0.25) is 19.2 Å². The Morgan fingerprint density at radius 3 is 1.26 bits per heavy atom. The number of carboxylic acids is 1. The topological polar surface area (TPSA) is 486 Å². The van der Waals surface area contributed by atoms with E-state index in [2.05, 4.69) is 97.8 Å². The number of esters is 3. The predicted octanol–water partition coefficient (Wildman–Crippen LogP) is 15.9. The van der Waals surface area contributed by atoms with Gasteiger partial charge in [0.25, 0.3) is 9.80 Å². The van der Waals surface area contributed by atoms with Gasteiger partial charge in [0.15, 0.2) is 13.8 Å². The Hall–Kier alpha value is -10.4. The molecular weight excluding hydrogens is 2090 g/mol. The van der Waals surface area contributed by atoms with Crippen LogP contribution in [0.2, 0.25) is 29.9 Å². The van der Waals surface area contributed by atoms with Crippen LogP contribution in [0.15, 0.2) is 157 Å². The fraction of sp³-hybridized carbons (Fsp3) is 0.235. The van der Waals surface area contributed by atoms with Crippen molar-refractivity contribution in [3.63, 3.8) is 0 Å². The van der Waals surface area contributed by atoms with Gasteiger partial charge < -0.3 is 73.1 Å². The molecule has 122 heavy (non-hydrogen) atoms. The minimum absolute atomic E-state index is 0. The van der Waals surface area contributed by atoms with Crippen LogP contribution in [0.4, 0.5) is 17.5 Å². The van der Waals surface area contributed by atoms with Crippen molar-refractivity contribution in [1.82, 2.24) is 44.9 Å². The third-order valence-corrected chi connectivity index (χ3v) is 24.5. The number of aromatic nitrogens is 9. The molecule has 0 aliphatic heterocycles. The number of aromatic carboxylic acids is 1. The number of nitrogens with one attached hydrogen (secondary N) is 3. The van der Waals surface area contributed by atoms with Gasteiger partial charge >= 0.3 is 127 Å². The second-order valence-corrected chi connectivity index (χ2v) is 44.6. The Labute approximate surface area is 761 Å². The molecule has 0 fully saturated rings. The van der Waals surface area contributed by atoms with Gasteiger partial charge in [0.2, 0.25) is 64.2 Å². The molecule has 41 heteroatoms. The van der Waals surface area contributed by atoms with Gasteiger partial charge in [-0.05, 0) is 140 Å². The third-order valence-electron chi connectivity index (χ3n) is 15.4. The van der Waals surface area contributed by atoms with Crippen LogP contribution in [0.5, 0.6) is 0 Å². The molecule has 0 atom stereocenters. The van der Waals surface area contributed by atoms with E-state index in [4.69, 9.17) is 77.7 Å². The van der Waals surface area contributed by atoms with Gasteiger partial charge in [-0.1, -0.05) is 96.8 Å². The van der Waals surface area contributed by atoms with E-state index in [1.54, 1.807) is 144 Å². The first kappa shape index (κ1) is 102. The number of benzene rings is 3. The molecule has 0 aliphatic carbocycles. The molecule has 8 N–H and O–H groups in total. The van der Waals surface area contributed by atoms with Crippen molar-refractivity contribution >= 4 is 208 Å².